The Bertz CT molecular complexity index is 1370. The maximum atomic E-state index is 12.6. The topological polar surface area (TPSA) is 108 Å². The molecule has 0 spiro atoms. The van der Waals surface area contributed by atoms with E-state index in [4.69, 9.17) is 0 Å². The van der Waals surface area contributed by atoms with Crippen molar-refractivity contribution in [3.63, 3.8) is 0 Å². The number of carboxylic acid groups (broad SMARTS) is 1. The number of rotatable bonds is 7. The van der Waals surface area contributed by atoms with Crippen LogP contribution in [0.15, 0.2) is 71.1 Å². The van der Waals surface area contributed by atoms with Crippen LogP contribution in [-0.4, -0.2) is 33.6 Å². The lowest BCUT2D eigenvalue weighted by atomic mass is 10.1. The van der Waals surface area contributed by atoms with E-state index in [2.05, 4.69) is 15.6 Å². The van der Waals surface area contributed by atoms with Crippen molar-refractivity contribution in [2.75, 3.05) is 16.4 Å². The SMILES string of the molecule is Cc1cccc(NC(=O)CSc2nc3ccc(NC(=O)c4ccccc4C(=O)O)cc3s2)c1. The number of thioether (sulfide) groups is 1. The number of carbonyl (C=O) groups is 3. The summed E-state index contributed by atoms with van der Waals surface area (Å²) in [5, 5.41) is 14.9. The number of hydrogen-bond donors (Lipinski definition) is 3. The van der Waals surface area contributed by atoms with Crippen LogP contribution in [0.1, 0.15) is 26.3 Å². The highest BCUT2D eigenvalue weighted by Gasteiger charge is 2.16. The average molecular weight is 478 g/mol. The summed E-state index contributed by atoms with van der Waals surface area (Å²) in [4.78, 5) is 40.7. The van der Waals surface area contributed by atoms with Gasteiger partial charge in [0.1, 0.15) is 0 Å². The molecule has 9 heteroatoms. The van der Waals surface area contributed by atoms with Gasteiger partial charge in [0.2, 0.25) is 5.91 Å². The molecule has 0 fully saturated rings. The largest absolute Gasteiger partial charge is 0.478 e. The van der Waals surface area contributed by atoms with Gasteiger partial charge in [-0.05, 0) is 55.0 Å². The normalized spacial score (nSPS) is 10.7. The first-order chi connectivity index (χ1) is 15.9. The Balaban J connectivity index is 1.42. The van der Waals surface area contributed by atoms with Crippen LogP contribution in [0.5, 0.6) is 0 Å². The van der Waals surface area contributed by atoms with E-state index in [-0.39, 0.29) is 22.8 Å². The smallest absolute Gasteiger partial charge is 0.336 e. The predicted molar refractivity (Wildman–Crippen MR) is 132 cm³/mol. The second kappa shape index (κ2) is 9.85. The molecule has 4 aromatic rings. The predicted octanol–water partition coefficient (Wildman–Crippen LogP) is 5.29. The Morgan fingerprint density at radius 2 is 1.70 bits per heavy atom. The molecule has 0 atom stereocenters. The van der Waals surface area contributed by atoms with Gasteiger partial charge in [-0.1, -0.05) is 36.0 Å². The van der Waals surface area contributed by atoms with Gasteiger partial charge in [0, 0.05) is 11.4 Å². The quantitative estimate of drug-likeness (QED) is 0.312. The number of anilines is 2. The van der Waals surface area contributed by atoms with E-state index in [1.165, 1.54) is 35.2 Å². The van der Waals surface area contributed by atoms with Crippen molar-refractivity contribution in [2.45, 2.75) is 11.3 Å². The Labute approximate surface area is 197 Å². The molecule has 0 bridgehead atoms. The lowest BCUT2D eigenvalue weighted by molar-refractivity contribution is -0.113. The van der Waals surface area contributed by atoms with Crippen LogP contribution in [0, 0.1) is 6.92 Å². The summed E-state index contributed by atoms with van der Waals surface area (Å²) in [6, 6.07) is 18.9. The molecule has 33 heavy (non-hydrogen) atoms. The number of aryl methyl sites for hydroxylation is 1. The zero-order valence-corrected chi connectivity index (χ0v) is 19.1. The van der Waals surface area contributed by atoms with Gasteiger partial charge < -0.3 is 15.7 Å². The van der Waals surface area contributed by atoms with Gasteiger partial charge in [-0.2, -0.15) is 0 Å². The van der Waals surface area contributed by atoms with Crippen molar-refractivity contribution in [1.82, 2.24) is 4.98 Å². The minimum absolute atomic E-state index is 0.0588. The molecule has 4 rings (SSSR count). The molecule has 0 aliphatic heterocycles. The minimum Gasteiger partial charge on any atom is -0.478 e. The summed E-state index contributed by atoms with van der Waals surface area (Å²) >= 11 is 2.76. The minimum atomic E-state index is -1.16. The summed E-state index contributed by atoms with van der Waals surface area (Å²) in [5.41, 5.74) is 3.15. The molecular formula is C24H19N3O4S2. The highest BCUT2D eigenvalue weighted by Crippen LogP contribution is 2.31. The van der Waals surface area contributed by atoms with Crippen LogP contribution in [0.2, 0.25) is 0 Å². The van der Waals surface area contributed by atoms with E-state index < -0.39 is 11.9 Å². The second-order valence-electron chi connectivity index (χ2n) is 7.17. The van der Waals surface area contributed by atoms with Crippen molar-refractivity contribution >= 4 is 62.5 Å². The zero-order valence-electron chi connectivity index (χ0n) is 17.5. The van der Waals surface area contributed by atoms with Crippen LogP contribution in [0.25, 0.3) is 10.2 Å². The van der Waals surface area contributed by atoms with Gasteiger partial charge in [-0.3, -0.25) is 9.59 Å². The molecule has 166 valence electrons. The van der Waals surface area contributed by atoms with Crippen LogP contribution in [0.3, 0.4) is 0 Å². The third-order valence-corrected chi connectivity index (χ3v) is 6.82. The van der Waals surface area contributed by atoms with Crippen molar-refractivity contribution in [2.24, 2.45) is 0 Å². The third-order valence-electron chi connectivity index (χ3n) is 4.66. The fourth-order valence-corrected chi connectivity index (χ4v) is 5.06. The lowest BCUT2D eigenvalue weighted by Gasteiger charge is -2.07. The molecule has 0 saturated heterocycles. The molecule has 3 N–H and O–H groups in total. The van der Waals surface area contributed by atoms with E-state index >= 15 is 0 Å². The van der Waals surface area contributed by atoms with Crippen LogP contribution < -0.4 is 10.6 Å². The van der Waals surface area contributed by atoms with Crippen molar-refractivity contribution in [3.8, 4) is 0 Å². The molecule has 1 aromatic heterocycles. The van der Waals surface area contributed by atoms with Crippen LogP contribution in [-0.2, 0) is 4.79 Å². The molecule has 3 aromatic carbocycles. The van der Waals surface area contributed by atoms with Crippen molar-refractivity contribution < 1.29 is 19.5 Å². The van der Waals surface area contributed by atoms with E-state index in [0.717, 1.165) is 25.8 Å². The number of thiazole rings is 1. The van der Waals surface area contributed by atoms with E-state index in [0.29, 0.717) is 5.69 Å². The Hall–Kier alpha value is -3.69. The highest BCUT2D eigenvalue weighted by atomic mass is 32.2. The Morgan fingerprint density at radius 3 is 2.45 bits per heavy atom. The molecular weight excluding hydrogens is 458 g/mol. The molecule has 0 aliphatic carbocycles. The first kappa shape index (κ1) is 22.5. The summed E-state index contributed by atoms with van der Waals surface area (Å²) in [6.45, 7) is 1.97. The zero-order chi connectivity index (χ0) is 23.4. The van der Waals surface area contributed by atoms with Crippen LogP contribution >= 0.6 is 23.1 Å². The Kier molecular flexibility index (Phi) is 6.71. The maximum Gasteiger partial charge on any atom is 0.336 e. The second-order valence-corrected chi connectivity index (χ2v) is 9.43. The number of hydrogen-bond acceptors (Lipinski definition) is 6. The molecule has 1 heterocycles. The maximum absolute atomic E-state index is 12.6. The fourth-order valence-electron chi connectivity index (χ4n) is 3.16. The fraction of sp³-hybridized carbons (Fsp3) is 0.0833. The van der Waals surface area contributed by atoms with E-state index in [1.54, 1.807) is 30.3 Å². The van der Waals surface area contributed by atoms with E-state index in [1.807, 2.05) is 31.2 Å². The third kappa shape index (κ3) is 5.57. The number of aromatic carboxylic acids is 1. The summed E-state index contributed by atoms with van der Waals surface area (Å²) < 4.78 is 1.59. The molecule has 2 amide bonds. The van der Waals surface area contributed by atoms with Gasteiger partial charge >= 0.3 is 5.97 Å². The molecule has 0 radical (unpaired) electrons. The number of nitrogens with zero attached hydrogens (tertiary/aromatic N) is 1. The number of aromatic nitrogens is 1. The number of benzene rings is 3. The monoisotopic (exact) mass is 477 g/mol. The van der Waals surface area contributed by atoms with Crippen LogP contribution in [0.4, 0.5) is 11.4 Å². The Morgan fingerprint density at radius 1 is 0.939 bits per heavy atom. The number of amides is 2. The number of fused-ring (bicyclic) bond motifs is 1. The summed E-state index contributed by atoms with van der Waals surface area (Å²) in [6.07, 6.45) is 0. The molecule has 0 aliphatic rings. The average Bonchev–Trinajstić information content (AvgIpc) is 3.20. The van der Waals surface area contributed by atoms with Gasteiger partial charge in [0.25, 0.3) is 5.91 Å². The molecule has 0 unspecified atom stereocenters. The van der Waals surface area contributed by atoms with Crippen molar-refractivity contribution in [3.05, 3.63) is 83.4 Å². The molecule has 0 saturated carbocycles. The summed E-state index contributed by atoms with van der Waals surface area (Å²) in [5.74, 6) is -1.55. The lowest BCUT2D eigenvalue weighted by Crippen LogP contribution is -2.16. The first-order valence-electron chi connectivity index (χ1n) is 9.92. The number of carboxylic acids is 1. The van der Waals surface area contributed by atoms with Gasteiger partial charge in [0.15, 0.2) is 4.34 Å². The molecule has 7 nitrogen and oxygen atoms in total. The van der Waals surface area contributed by atoms with Gasteiger partial charge in [0.05, 0.1) is 27.1 Å². The number of nitrogens with one attached hydrogen (secondary N) is 2. The van der Waals surface area contributed by atoms with Gasteiger partial charge in [-0.15, -0.1) is 11.3 Å². The first-order valence-corrected chi connectivity index (χ1v) is 11.7. The standard InChI is InChI=1S/C24H19N3O4S2/c1-14-5-4-6-15(11-14)25-21(28)13-32-24-27-19-10-9-16(12-20(19)33-24)26-22(29)17-7-2-3-8-18(17)23(30)31/h2-12H,13H2,1H3,(H,25,28)(H,26,29)(H,30,31). The van der Waals surface area contributed by atoms with Gasteiger partial charge in [-0.25, -0.2) is 9.78 Å². The highest BCUT2D eigenvalue weighted by molar-refractivity contribution is 8.01. The van der Waals surface area contributed by atoms with E-state index in [9.17, 15) is 19.5 Å². The summed E-state index contributed by atoms with van der Waals surface area (Å²) in [7, 11) is 0. The van der Waals surface area contributed by atoms with Crippen molar-refractivity contribution in [1.29, 1.82) is 0 Å². The number of carbonyl (C=O) groups excluding carboxylic acids is 2.